The molecule has 0 aliphatic heterocycles. The van der Waals surface area contributed by atoms with Crippen LogP contribution in [0.15, 0.2) is 18.2 Å². The minimum absolute atomic E-state index is 0.104. The van der Waals surface area contributed by atoms with Crippen molar-refractivity contribution >= 4 is 5.97 Å². The number of carbonyl (C=O) groups is 1. The predicted octanol–water partition coefficient (Wildman–Crippen LogP) is 2.41. The van der Waals surface area contributed by atoms with Crippen molar-refractivity contribution in [1.29, 1.82) is 0 Å². The average molecular weight is 265 g/mol. The Kier molecular flexibility index (Phi) is 4.28. The van der Waals surface area contributed by atoms with Crippen molar-refractivity contribution in [3.63, 3.8) is 0 Å². The number of hydrogen-bond acceptors (Lipinski definition) is 3. The van der Waals surface area contributed by atoms with Crippen LogP contribution >= 0.6 is 0 Å². The van der Waals surface area contributed by atoms with E-state index in [1.807, 2.05) is 0 Å². The molecule has 0 aliphatic rings. The van der Waals surface area contributed by atoms with Gasteiger partial charge in [-0.05, 0) is 23.8 Å². The summed E-state index contributed by atoms with van der Waals surface area (Å²) in [6.45, 7) is 0. The smallest absolute Gasteiger partial charge is 0.416 e. The van der Waals surface area contributed by atoms with Crippen LogP contribution < -0.4 is 5.73 Å². The lowest BCUT2D eigenvalue weighted by Crippen LogP contribution is -2.17. The van der Waals surface area contributed by atoms with Gasteiger partial charge in [0, 0.05) is 6.04 Å². The Balaban J connectivity index is 3.03. The highest BCUT2D eigenvalue weighted by Crippen LogP contribution is 2.31. The van der Waals surface area contributed by atoms with Gasteiger partial charge in [0.05, 0.1) is 19.1 Å². The average Bonchev–Trinajstić information content (AvgIpc) is 2.26. The van der Waals surface area contributed by atoms with Gasteiger partial charge in [-0.25, -0.2) is 4.39 Å². The lowest BCUT2D eigenvalue weighted by molar-refractivity contribution is -0.141. The third-order valence-electron chi connectivity index (χ3n) is 2.29. The highest BCUT2D eigenvalue weighted by atomic mass is 19.4. The summed E-state index contributed by atoms with van der Waals surface area (Å²) in [6, 6.07) is 0.905. The third-order valence-corrected chi connectivity index (χ3v) is 2.29. The van der Waals surface area contributed by atoms with Crippen LogP contribution in [0.4, 0.5) is 17.6 Å². The van der Waals surface area contributed by atoms with Gasteiger partial charge in [-0.3, -0.25) is 4.79 Å². The molecule has 0 radical (unpaired) electrons. The van der Waals surface area contributed by atoms with Crippen LogP contribution in [0.25, 0.3) is 0 Å². The molecule has 18 heavy (non-hydrogen) atoms. The van der Waals surface area contributed by atoms with Gasteiger partial charge in [-0.15, -0.1) is 0 Å². The molecule has 1 atom stereocenters. The van der Waals surface area contributed by atoms with E-state index < -0.39 is 29.6 Å². The highest BCUT2D eigenvalue weighted by molar-refractivity contribution is 5.70. The maximum atomic E-state index is 13.1. The first-order valence-electron chi connectivity index (χ1n) is 4.94. The minimum Gasteiger partial charge on any atom is -0.469 e. The van der Waals surface area contributed by atoms with Crippen molar-refractivity contribution in [3.8, 4) is 0 Å². The molecule has 3 nitrogen and oxygen atoms in total. The molecule has 2 N–H and O–H groups in total. The number of rotatable bonds is 3. The van der Waals surface area contributed by atoms with Crippen LogP contribution in [0, 0.1) is 5.82 Å². The predicted molar refractivity (Wildman–Crippen MR) is 55.0 cm³/mol. The fraction of sp³-hybridized carbons (Fsp3) is 0.364. The fourth-order valence-electron chi connectivity index (χ4n) is 1.37. The maximum Gasteiger partial charge on any atom is 0.416 e. The summed E-state index contributed by atoms with van der Waals surface area (Å²) in [6.07, 6.45) is -4.99. The maximum absolute atomic E-state index is 13.1. The van der Waals surface area contributed by atoms with Crippen LogP contribution in [0.2, 0.25) is 0 Å². The van der Waals surface area contributed by atoms with Gasteiger partial charge in [0.15, 0.2) is 0 Å². The van der Waals surface area contributed by atoms with Crippen LogP contribution in [0.5, 0.6) is 0 Å². The van der Waals surface area contributed by atoms with E-state index >= 15 is 0 Å². The van der Waals surface area contributed by atoms with Crippen molar-refractivity contribution in [1.82, 2.24) is 0 Å². The molecule has 0 spiro atoms. The second kappa shape index (κ2) is 5.34. The second-order valence-electron chi connectivity index (χ2n) is 3.66. The molecule has 0 heterocycles. The Labute approximate surface area is 101 Å². The molecular weight excluding hydrogens is 254 g/mol. The molecule has 0 aliphatic carbocycles. The molecule has 0 bridgehead atoms. The SMILES string of the molecule is COC(=O)C[C@@H](N)c1cc(F)cc(C(F)(F)F)c1. The van der Waals surface area contributed by atoms with E-state index in [0.717, 1.165) is 19.2 Å². The number of hydrogen-bond donors (Lipinski definition) is 1. The standard InChI is InChI=1S/C11H11F4NO2/c1-18-10(17)5-9(16)6-2-7(11(13,14)15)4-8(12)3-6/h2-4,9H,5,16H2,1H3/t9-/m1/s1. The summed E-state index contributed by atoms with van der Waals surface area (Å²) in [5.74, 6) is -1.74. The Bertz CT molecular complexity index is 445. The molecule has 0 aromatic heterocycles. The van der Waals surface area contributed by atoms with Crippen molar-refractivity contribution in [2.45, 2.75) is 18.6 Å². The minimum atomic E-state index is -4.66. The summed E-state index contributed by atoms with van der Waals surface area (Å²) >= 11 is 0. The van der Waals surface area contributed by atoms with E-state index in [9.17, 15) is 22.4 Å². The van der Waals surface area contributed by atoms with Crippen LogP contribution in [-0.2, 0) is 15.7 Å². The van der Waals surface area contributed by atoms with Gasteiger partial charge >= 0.3 is 12.1 Å². The number of carbonyl (C=O) groups excluding carboxylic acids is 1. The Morgan fingerprint density at radius 3 is 2.50 bits per heavy atom. The number of methoxy groups -OCH3 is 1. The molecule has 0 fully saturated rings. The Hall–Kier alpha value is -1.63. The Morgan fingerprint density at radius 1 is 1.39 bits per heavy atom. The third kappa shape index (κ3) is 3.69. The zero-order valence-electron chi connectivity index (χ0n) is 9.42. The first kappa shape index (κ1) is 14.4. The number of ether oxygens (including phenoxy) is 1. The molecule has 0 unspecified atom stereocenters. The normalized spacial score (nSPS) is 13.2. The molecule has 0 saturated heterocycles. The molecule has 100 valence electrons. The zero-order chi connectivity index (χ0) is 13.9. The second-order valence-corrected chi connectivity index (χ2v) is 3.66. The molecule has 0 saturated carbocycles. The summed E-state index contributed by atoms with van der Waals surface area (Å²) in [4.78, 5) is 10.9. The van der Waals surface area contributed by atoms with E-state index in [1.54, 1.807) is 0 Å². The van der Waals surface area contributed by atoms with Crippen molar-refractivity contribution < 1.29 is 27.1 Å². The first-order valence-corrected chi connectivity index (χ1v) is 4.94. The summed E-state index contributed by atoms with van der Waals surface area (Å²) in [5.41, 5.74) is 4.27. The van der Waals surface area contributed by atoms with Gasteiger partial charge in [0.1, 0.15) is 5.82 Å². The molecule has 7 heteroatoms. The molecule has 1 rings (SSSR count). The number of benzene rings is 1. The van der Waals surface area contributed by atoms with Gasteiger partial charge < -0.3 is 10.5 Å². The van der Waals surface area contributed by atoms with Gasteiger partial charge in [-0.1, -0.05) is 0 Å². The number of alkyl halides is 3. The van der Waals surface area contributed by atoms with Crippen LogP contribution in [0.1, 0.15) is 23.6 Å². The highest BCUT2D eigenvalue weighted by Gasteiger charge is 2.32. The van der Waals surface area contributed by atoms with Crippen molar-refractivity contribution in [2.24, 2.45) is 5.73 Å². The van der Waals surface area contributed by atoms with E-state index in [1.165, 1.54) is 0 Å². The molecule has 0 amide bonds. The van der Waals surface area contributed by atoms with E-state index in [2.05, 4.69) is 4.74 Å². The number of halogens is 4. The van der Waals surface area contributed by atoms with E-state index in [4.69, 9.17) is 5.73 Å². The topological polar surface area (TPSA) is 52.3 Å². The number of nitrogens with two attached hydrogens (primary N) is 1. The summed E-state index contributed by atoms with van der Waals surface area (Å²) < 4.78 is 54.7. The van der Waals surface area contributed by atoms with E-state index in [-0.39, 0.29) is 12.0 Å². The van der Waals surface area contributed by atoms with Crippen molar-refractivity contribution in [2.75, 3.05) is 7.11 Å². The van der Waals surface area contributed by atoms with Gasteiger partial charge in [0.2, 0.25) is 0 Å². The van der Waals surface area contributed by atoms with Crippen LogP contribution in [0.3, 0.4) is 0 Å². The fourth-order valence-corrected chi connectivity index (χ4v) is 1.37. The van der Waals surface area contributed by atoms with Gasteiger partial charge in [0.25, 0.3) is 0 Å². The van der Waals surface area contributed by atoms with Crippen LogP contribution in [-0.4, -0.2) is 13.1 Å². The summed E-state index contributed by atoms with van der Waals surface area (Å²) in [7, 11) is 1.13. The van der Waals surface area contributed by atoms with Gasteiger partial charge in [-0.2, -0.15) is 13.2 Å². The monoisotopic (exact) mass is 265 g/mol. The number of esters is 1. The lowest BCUT2D eigenvalue weighted by atomic mass is 10.0. The molecule has 1 aromatic carbocycles. The Morgan fingerprint density at radius 2 is 2.00 bits per heavy atom. The van der Waals surface area contributed by atoms with Crippen molar-refractivity contribution in [3.05, 3.63) is 35.1 Å². The quantitative estimate of drug-likeness (QED) is 0.674. The lowest BCUT2D eigenvalue weighted by Gasteiger charge is -2.14. The summed E-state index contributed by atoms with van der Waals surface area (Å²) in [5, 5.41) is 0. The molecular formula is C11H11F4NO2. The zero-order valence-corrected chi connectivity index (χ0v) is 9.42. The molecule has 1 aromatic rings. The first-order chi connectivity index (χ1) is 8.24. The van der Waals surface area contributed by atoms with E-state index in [0.29, 0.717) is 6.07 Å². The largest absolute Gasteiger partial charge is 0.469 e.